The minimum absolute atomic E-state index is 0.0614. The van der Waals surface area contributed by atoms with Crippen LogP contribution in [0.3, 0.4) is 0 Å². The van der Waals surface area contributed by atoms with Gasteiger partial charge in [-0.05, 0) is 63.2 Å². The summed E-state index contributed by atoms with van der Waals surface area (Å²) in [7, 11) is 0. The number of nitrogens with zero attached hydrogens (tertiary/aromatic N) is 2. The van der Waals surface area contributed by atoms with E-state index in [-0.39, 0.29) is 18.5 Å². The molecule has 33 heavy (non-hydrogen) atoms. The maximum absolute atomic E-state index is 12.8. The number of benzene rings is 1. The number of fused-ring (bicyclic) bond motifs is 1. The topological polar surface area (TPSA) is 68.2 Å². The zero-order valence-corrected chi connectivity index (χ0v) is 20.6. The number of allylic oxidation sites excluding steroid dienone is 3. The van der Waals surface area contributed by atoms with Gasteiger partial charge < -0.3 is 14.5 Å². The summed E-state index contributed by atoms with van der Waals surface area (Å²) < 4.78 is 5.52. The molecule has 180 valence electrons. The Kier molecular flexibility index (Phi) is 11.4. The number of amides is 1. The number of hydrogen-bond donors (Lipinski definition) is 0. The van der Waals surface area contributed by atoms with E-state index in [0.717, 1.165) is 42.4 Å². The maximum Gasteiger partial charge on any atom is 0.338 e. The lowest BCUT2D eigenvalue weighted by Gasteiger charge is -2.20. The third-order valence-electron chi connectivity index (χ3n) is 5.34. The van der Waals surface area contributed by atoms with Crippen molar-refractivity contribution in [2.75, 3.05) is 26.3 Å². The van der Waals surface area contributed by atoms with Crippen LogP contribution in [0.1, 0.15) is 73.0 Å². The van der Waals surface area contributed by atoms with Gasteiger partial charge in [0.15, 0.2) is 6.61 Å². The number of carbonyl (C=O) groups is 2. The van der Waals surface area contributed by atoms with Gasteiger partial charge in [-0.3, -0.25) is 4.79 Å². The Morgan fingerprint density at radius 2 is 1.76 bits per heavy atom. The summed E-state index contributed by atoms with van der Waals surface area (Å²) in [6.07, 6.45) is 12.8. The number of hydrogen-bond acceptors (Lipinski definition) is 5. The minimum Gasteiger partial charge on any atom is -0.462 e. The van der Waals surface area contributed by atoms with Gasteiger partial charge in [0.25, 0.3) is 5.91 Å². The predicted octanol–water partition coefficient (Wildman–Crippen LogP) is 5.32. The van der Waals surface area contributed by atoms with Gasteiger partial charge in [-0.1, -0.05) is 54.9 Å². The van der Waals surface area contributed by atoms with Gasteiger partial charge in [0.05, 0.1) is 17.9 Å². The molecule has 0 atom stereocenters. The van der Waals surface area contributed by atoms with Crippen molar-refractivity contribution in [2.24, 2.45) is 5.16 Å². The molecule has 0 fully saturated rings. The molecule has 2 rings (SSSR count). The normalized spacial score (nSPS) is 17.1. The third-order valence-corrected chi connectivity index (χ3v) is 5.34. The van der Waals surface area contributed by atoms with Gasteiger partial charge in [0, 0.05) is 19.5 Å². The molecule has 0 bridgehead atoms. The van der Waals surface area contributed by atoms with E-state index in [2.05, 4.69) is 31.2 Å². The highest BCUT2D eigenvalue weighted by Crippen LogP contribution is 2.20. The summed E-state index contributed by atoms with van der Waals surface area (Å²) in [5.74, 6) is -0.379. The highest BCUT2D eigenvalue weighted by molar-refractivity contribution is 6.00. The largest absolute Gasteiger partial charge is 0.462 e. The Morgan fingerprint density at radius 3 is 2.48 bits per heavy atom. The molecule has 1 aliphatic rings. The van der Waals surface area contributed by atoms with Crippen molar-refractivity contribution in [1.82, 2.24) is 4.90 Å². The predicted molar refractivity (Wildman–Crippen MR) is 133 cm³/mol. The number of oxime groups is 1. The van der Waals surface area contributed by atoms with Crippen molar-refractivity contribution in [2.45, 2.75) is 66.2 Å². The van der Waals surface area contributed by atoms with E-state index >= 15 is 0 Å². The van der Waals surface area contributed by atoms with Crippen molar-refractivity contribution < 1.29 is 19.2 Å². The summed E-state index contributed by atoms with van der Waals surface area (Å²) in [5.41, 5.74) is 4.04. The average molecular weight is 455 g/mol. The molecule has 1 aliphatic heterocycles. The number of aryl methyl sites for hydroxylation is 2. The molecule has 6 heteroatoms. The van der Waals surface area contributed by atoms with Crippen molar-refractivity contribution in [1.29, 1.82) is 0 Å². The van der Waals surface area contributed by atoms with E-state index in [9.17, 15) is 9.59 Å². The van der Waals surface area contributed by atoms with Crippen LogP contribution < -0.4 is 0 Å². The Hall–Kier alpha value is -2.89. The fraction of sp³-hybridized carbons (Fsp3) is 0.519. The van der Waals surface area contributed by atoms with Gasteiger partial charge in [0.2, 0.25) is 0 Å². The van der Waals surface area contributed by atoms with Crippen LogP contribution in [0.2, 0.25) is 0 Å². The van der Waals surface area contributed by atoms with Crippen LogP contribution >= 0.6 is 0 Å². The molecule has 0 unspecified atom stereocenters. The van der Waals surface area contributed by atoms with Crippen molar-refractivity contribution in [3.05, 3.63) is 58.7 Å². The Morgan fingerprint density at radius 1 is 1.06 bits per heavy atom. The smallest absolute Gasteiger partial charge is 0.338 e. The monoisotopic (exact) mass is 454 g/mol. The molecule has 1 heterocycles. The van der Waals surface area contributed by atoms with Gasteiger partial charge >= 0.3 is 5.97 Å². The lowest BCUT2D eigenvalue weighted by molar-refractivity contribution is -0.136. The fourth-order valence-corrected chi connectivity index (χ4v) is 3.91. The van der Waals surface area contributed by atoms with E-state index in [1.54, 1.807) is 0 Å². The molecule has 0 spiro atoms. The van der Waals surface area contributed by atoms with Crippen LogP contribution in [0.25, 0.3) is 0 Å². The van der Waals surface area contributed by atoms with Crippen LogP contribution in [-0.2, 0) is 20.8 Å². The van der Waals surface area contributed by atoms with E-state index in [1.165, 1.54) is 0 Å². The van der Waals surface area contributed by atoms with Gasteiger partial charge in [-0.15, -0.1) is 0 Å². The molecule has 1 amide bonds. The summed E-state index contributed by atoms with van der Waals surface area (Å²) in [5, 5.41) is 4.29. The summed E-state index contributed by atoms with van der Waals surface area (Å²) in [4.78, 5) is 32.7. The molecule has 0 saturated carbocycles. The number of ether oxygens (including phenoxy) is 1. The molecule has 0 radical (unpaired) electrons. The molecule has 0 saturated heterocycles. The molecule has 0 aliphatic carbocycles. The summed E-state index contributed by atoms with van der Waals surface area (Å²) in [6.45, 7) is 9.73. The molecular formula is C27H38N2O4. The second-order valence-corrected chi connectivity index (χ2v) is 8.41. The molecule has 6 nitrogen and oxygen atoms in total. The number of carbonyl (C=O) groups excluding carboxylic acids is 2. The van der Waals surface area contributed by atoms with Crippen molar-refractivity contribution in [3.63, 3.8) is 0 Å². The van der Waals surface area contributed by atoms with Crippen LogP contribution in [0.4, 0.5) is 0 Å². The van der Waals surface area contributed by atoms with Crippen LogP contribution in [0.5, 0.6) is 0 Å². The van der Waals surface area contributed by atoms with Crippen LogP contribution in [0.15, 0.2) is 41.6 Å². The highest BCUT2D eigenvalue weighted by atomic mass is 16.6. The number of rotatable bonds is 7. The second kappa shape index (κ2) is 14.3. The Bertz CT molecular complexity index is 880. The van der Waals surface area contributed by atoms with E-state index < -0.39 is 0 Å². The average Bonchev–Trinajstić information content (AvgIpc) is 2.76. The quantitative estimate of drug-likeness (QED) is 0.318. The first kappa shape index (κ1) is 26.4. The Balaban J connectivity index is 2.27. The molecule has 0 N–H and O–H groups in total. The van der Waals surface area contributed by atoms with Crippen molar-refractivity contribution >= 4 is 17.6 Å². The maximum atomic E-state index is 12.8. The van der Waals surface area contributed by atoms with Gasteiger partial charge in [-0.2, -0.15) is 0 Å². The fourth-order valence-electron chi connectivity index (χ4n) is 3.91. The zero-order valence-electron chi connectivity index (χ0n) is 20.6. The first-order valence-corrected chi connectivity index (χ1v) is 12.0. The summed E-state index contributed by atoms with van der Waals surface area (Å²) >= 11 is 0. The molecule has 0 aromatic heterocycles. The van der Waals surface area contributed by atoms with Gasteiger partial charge in [0.1, 0.15) is 0 Å². The van der Waals surface area contributed by atoms with Gasteiger partial charge in [-0.25, -0.2) is 4.79 Å². The lowest BCUT2D eigenvalue weighted by Crippen LogP contribution is -2.35. The molecule has 1 aromatic rings. The lowest BCUT2D eigenvalue weighted by atomic mass is 9.95. The second-order valence-electron chi connectivity index (χ2n) is 8.41. The van der Waals surface area contributed by atoms with Crippen LogP contribution in [-0.4, -0.2) is 48.8 Å². The van der Waals surface area contributed by atoms with E-state index in [0.29, 0.717) is 43.8 Å². The zero-order chi connectivity index (χ0) is 24.1. The number of esters is 1. The number of cyclic esters (lactones) is 1. The van der Waals surface area contributed by atoms with Crippen LogP contribution in [0, 0.1) is 13.8 Å². The highest BCUT2D eigenvalue weighted by Gasteiger charge is 2.18. The van der Waals surface area contributed by atoms with E-state index in [1.807, 2.05) is 43.0 Å². The van der Waals surface area contributed by atoms with E-state index in [4.69, 9.17) is 9.57 Å². The Labute approximate surface area is 198 Å². The standard InChI is InChI=1S/C27H38N2O4/c1-5-14-29(15-6-2)25(30)20-33-28-24-13-11-9-7-8-10-12-16-32-27(31)26-22(4)17-21(3)18-23(26)19-24/h8,10-11,13,17-18H,5-7,9,12,14-16,19-20H2,1-4H3/b10-8+,13-11?,28-24-. The third kappa shape index (κ3) is 8.87. The first-order valence-electron chi connectivity index (χ1n) is 12.0. The molecular weight excluding hydrogens is 416 g/mol. The van der Waals surface area contributed by atoms with Crippen molar-refractivity contribution in [3.8, 4) is 0 Å². The first-order chi connectivity index (χ1) is 16.0. The summed E-state index contributed by atoms with van der Waals surface area (Å²) in [6, 6.07) is 3.98. The molecule has 1 aromatic carbocycles. The SMILES string of the molecule is CCCN(CCC)C(=O)CO/N=C1/C=CCC/C=C/CCOC(=O)c2c(C)cc(C)cc2C1. The minimum atomic E-state index is -0.317.